The smallest absolute Gasteiger partial charge is 0.155 e. The van der Waals surface area contributed by atoms with Crippen LogP contribution in [0.2, 0.25) is 5.15 Å². The molecule has 0 fully saturated rings. The van der Waals surface area contributed by atoms with Gasteiger partial charge in [0.05, 0.1) is 6.61 Å². The number of hydrogen-bond donors (Lipinski definition) is 0. The van der Waals surface area contributed by atoms with Crippen molar-refractivity contribution in [2.24, 2.45) is 0 Å². The van der Waals surface area contributed by atoms with Crippen molar-refractivity contribution in [3.63, 3.8) is 0 Å². The van der Waals surface area contributed by atoms with Crippen molar-refractivity contribution in [1.82, 2.24) is 9.97 Å². The highest BCUT2D eigenvalue weighted by atomic mass is 35.5. The summed E-state index contributed by atoms with van der Waals surface area (Å²) >= 11 is 5.74. The van der Waals surface area contributed by atoms with Gasteiger partial charge in [-0.25, -0.2) is 9.97 Å². The number of hydrogen-bond acceptors (Lipinski definition) is 3. The van der Waals surface area contributed by atoms with Crippen LogP contribution in [0.3, 0.4) is 0 Å². The Hall–Kier alpha value is -0.930. The zero-order valence-electron chi connectivity index (χ0n) is 7.46. The van der Waals surface area contributed by atoms with Crippen molar-refractivity contribution in [3.05, 3.63) is 35.4 Å². The molecule has 1 rings (SSSR count). The zero-order valence-corrected chi connectivity index (χ0v) is 8.21. The summed E-state index contributed by atoms with van der Waals surface area (Å²) in [6.45, 7) is 6.26. The number of rotatable bonds is 4. The van der Waals surface area contributed by atoms with Crippen LogP contribution in [0.1, 0.15) is 11.5 Å². The minimum absolute atomic E-state index is 0.368. The first kappa shape index (κ1) is 10.2. The normalized spacial score (nSPS) is 10.0. The number of aromatic nitrogens is 2. The molecule has 0 aliphatic heterocycles. The zero-order chi connectivity index (χ0) is 9.68. The van der Waals surface area contributed by atoms with E-state index in [2.05, 4.69) is 16.5 Å². The fourth-order valence-corrected chi connectivity index (χ4v) is 1.14. The van der Waals surface area contributed by atoms with Crippen molar-refractivity contribution < 1.29 is 4.74 Å². The molecular weight excluding hydrogens is 188 g/mol. The third-order valence-corrected chi connectivity index (χ3v) is 1.53. The first-order valence-corrected chi connectivity index (χ1v) is 4.29. The lowest BCUT2D eigenvalue weighted by Crippen LogP contribution is -2.00. The maximum absolute atomic E-state index is 5.74. The number of ether oxygens (including phenoxy) is 1. The summed E-state index contributed by atoms with van der Waals surface area (Å²) in [5.74, 6) is 0.604. The molecule has 1 aromatic heterocycles. The standard InChI is InChI=1S/C9H11ClN2O/c1-3-4-13-6-9-11-7(2)5-8(10)12-9/h3,5H,1,4,6H2,2H3. The lowest BCUT2D eigenvalue weighted by Gasteiger charge is -2.01. The molecule has 0 aromatic carbocycles. The van der Waals surface area contributed by atoms with Gasteiger partial charge in [0.15, 0.2) is 5.82 Å². The molecule has 1 heterocycles. The molecular formula is C9H11ClN2O. The van der Waals surface area contributed by atoms with E-state index >= 15 is 0 Å². The van der Waals surface area contributed by atoms with Gasteiger partial charge >= 0.3 is 0 Å². The van der Waals surface area contributed by atoms with Crippen LogP contribution in [-0.2, 0) is 11.3 Å². The second-order valence-electron chi connectivity index (χ2n) is 2.55. The Kier molecular flexibility index (Phi) is 3.86. The van der Waals surface area contributed by atoms with Crippen LogP contribution in [0.25, 0.3) is 0 Å². The van der Waals surface area contributed by atoms with Crippen LogP contribution >= 0.6 is 11.6 Å². The molecule has 0 saturated carbocycles. The predicted molar refractivity (Wildman–Crippen MR) is 51.6 cm³/mol. The van der Waals surface area contributed by atoms with E-state index in [9.17, 15) is 0 Å². The van der Waals surface area contributed by atoms with Gasteiger partial charge < -0.3 is 4.74 Å². The first-order valence-electron chi connectivity index (χ1n) is 3.91. The van der Waals surface area contributed by atoms with E-state index in [4.69, 9.17) is 16.3 Å². The summed E-state index contributed by atoms with van der Waals surface area (Å²) in [4.78, 5) is 8.15. The second kappa shape index (κ2) is 4.94. The van der Waals surface area contributed by atoms with Gasteiger partial charge in [-0.05, 0) is 13.0 Å². The number of aryl methyl sites for hydroxylation is 1. The third-order valence-electron chi connectivity index (χ3n) is 1.34. The Morgan fingerprint density at radius 1 is 1.62 bits per heavy atom. The maximum Gasteiger partial charge on any atom is 0.155 e. The molecule has 0 N–H and O–H groups in total. The largest absolute Gasteiger partial charge is 0.369 e. The molecule has 0 aliphatic rings. The molecule has 0 bridgehead atoms. The lowest BCUT2D eigenvalue weighted by atomic mass is 10.4. The molecule has 0 radical (unpaired) electrons. The van der Waals surface area contributed by atoms with Gasteiger partial charge in [0.1, 0.15) is 11.8 Å². The maximum atomic E-state index is 5.74. The fourth-order valence-electron chi connectivity index (χ4n) is 0.887. The highest BCUT2D eigenvalue weighted by Gasteiger charge is 1.99. The molecule has 0 aliphatic carbocycles. The van der Waals surface area contributed by atoms with E-state index in [1.807, 2.05) is 6.92 Å². The van der Waals surface area contributed by atoms with E-state index in [0.29, 0.717) is 24.2 Å². The minimum atomic E-state index is 0.368. The fraction of sp³-hybridized carbons (Fsp3) is 0.333. The summed E-state index contributed by atoms with van der Waals surface area (Å²) < 4.78 is 5.18. The van der Waals surface area contributed by atoms with E-state index in [0.717, 1.165) is 5.69 Å². The van der Waals surface area contributed by atoms with Crippen LogP contribution in [0.4, 0.5) is 0 Å². The van der Waals surface area contributed by atoms with Crippen LogP contribution in [0, 0.1) is 6.92 Å². The van der Waals surface area contributed by atoms with E-state index in [1.165, 1.54) is 0 Å². The second-order valence-corrected chi connectivity index (χ2v) is 2.94. The summed E-state index contributed by atoms with van der Waals surface area (Å²) in [6.07, 6.45) is 1.68. The number of nitrogens with zero attached hydrogens (tertiary/aromatic N) is 2. The Balaban J connectivity index is 2.60. The van der Waals surface area contributed by atoms with Crippen LogP contribution in [0.15, 0.2) is 18.7 Å². The lowest BCUT2D eigenvalue weighted by molar-refractivity contribution is 0.142. The highest BCUT2D eigenvalue weighted by molar-refractivity contribution is 6.29. The highest BCUT2D eigenvalue weighted by Crippen LogP contribution is 2.06. The van der Waals surface area contributed by atoms with Gasteiger partial charge in [0, 0.05) is 5.69 Å². The first-order chi connectivity index (χ1) is 6.22. The van der Waals surface area contributed by atoms with Crippen LogP contribution in [-0.4, -0.2) is 16.6 Å². The van der Waals surface area contributed by atoms with Crippen molar-refractivity contribution in [2.45, 2.75) is 13.5 Å². The summed E-state index contributed by atoms with van der Waals surface area (Å²) in [6, 6.07) is 1.71. The Bertz CT molecular complexity index is 281. The molecule has 4 heteroatoms. The predicted octanol–water partition coefficient (Wildman–Crippen LogP) is 2.14. The van der Waals surface area contributed by atoms with Crippen LogP contribution in [0.5, 0.6) is 0 Å². The quantitative estimate of drug-likeness (QED) is 0.423. The molecule has 0 saturated heterocycles. The molecule has 0 spiro atoms. The minimum Gasteiger partial charge on any atom is -0.369 e. The van der Waals surface area contributed by atoms with Crippen molar-refractivity contribution in [1.29, 1.82) is 0 Å². The topological polar surface area (TPSA) is 35.0 Å². The SMILES string of the molecule is C=CCOCc1nc(C)cc(Cl)n1. The van der Waals surface area contributed by atoms with Crippen LogP contribution < -0.4 is 0 Å². The molecule has 1 aromatic rings. The monoisotopic (exact) mass is 198 g/mol. The van der Waals surface area contributed by atoms with Gasteiger partial charge in [0.2, 0.25) is 0 Å². The van der Waals surface area contributed by atoms with E-state index in [-0.39, 0.29) is 0 Å². The van der Waals surface area contributed by atoms with Gasteiger partial charge in [-0.2, -0.15) is 0 Å². The summed E-state index contributed by atoms with van der Waals surface area (Å²) in [5.41, 5.74) is 0.845. The Labute approximate surface area is 82.4 Å². The molecule has 0 unspecified atom stereocenters. The molecule has 0 atom stereocenters. The van der Waals surface area contributed by atoms with Gasteiger partial charge in [-0.15, -0.1) is 6.58 Å². The molecule has 0 amide bonds. The van der Waals surface area contributed by atoms with Crippen molar-refractivity contribution >= 4 is 11.6 Å². The summed E-state index contributed by atoms with van der Waals surface area (Å²) in [7, 11) is 0. The van der Waals surface area contributed by atoms with Crippen molar-refractivity contribution in [3.8, 4) is 0 Å². The van der Waals surface area contributed by atoms with E-state index < -0.39 is 0 Å². The Morgan fingerprint density at radius 3 is 3.00 bits per heavy atom. The van der Waals surface area contributed by atoms with Gasteiger partial charge in [-0.3, -0.25) is 0 Å². The Morgan fingerprint density at radius 2 is 2.38 bits per heavy atom. The van der Waals surface area contributed by atoms with Crippen molar-refractivity contribution in [2.75, 3.05) is 6.61 Å². The molecule has 13 heavy (non-hydrogen) atoms. The average molecular weight is 199 g/mol. The third kappa shape index (κ3) is 3.53. The van der Waals surface area contributed by atoms with Gasteiger partial charge in [0.25, 0.3) is 0 Å². The molecule has 70 valence electrons. The summed E-state index contributed by atoms with van der Waals surface area (Å²) in [5, 5.41) is 0.449. The average Bonchev–Trinajstić information content (AvgIpc) is 2.03. The van der Waals surface area contributed by atoms with Gasteiger partial charge in [-0.1, -0.05) is 17.7 Å². The number of halogens is 1. The molecule has 3 nitrogen and oxygen atoms in total. The van der Waals surface area contributed by atoms with E-state index in [1.54, 1.807) is 12.1 Å².